The summed E-state index contributed by atoms with van der Waals surface area (Å²) in [6, 6.07) is 12.2. The molecule has 0 fully saturated rings. The van der Waals surface area contributed by atoms with Gasteiger partial charge in [0.1, 0.15) is 12.1 Å². The second kappa shape index (κ2) is 5.04. The number of thiophene rings is 1. The van der Waals surface area contributed by atoms with Crippen LogP contribution in [0.1, 0.15) is 4.88 Å². The van der Waals surface area contributed by atoms with E-state index in [2.05, 4.69) is 43.3 Å². The van der Waals surface area contributed by atoms with Gasteiger partial charge < -0.3 is 5.32 Å². The van der Waals surface area contributed by atoms with Gasteiger partial charge in [-0.05, 0) is 40.2 Å². The zero-order valence-corrected chi connectivity index (χ0v) is 11.8. The predicted molar refractivity (Wildman–Crippen MR) is 78.9 cm³/mol. The molecule has 0 unspecified atom stereocenters. The monoisotopic (exact) mass is 319 g/mol. The summed E-state index contributed by atoms with van der Waals surface area (Å²) in [5, 5.41) is 4.41. The molecule has 18 heavy (non-hydrogen) atoms. The van der Waals surface area contributed by atoms with Crippen molar-refractivity contribution < 1.29 is 0 Å². The molecule has 0 saturated carbocycles. The third-order valence-corrected chi connectivity index (χ3v) is 4.23. The van der Waals surface area contributed by atoms with Crippen molar-refractivity contribution in [2.24, 2.45) is 0 Å². The van der Waals surface area contributed by atoms with E-state index in [4.69, 9.17) is 0 Å². The van der Waals surface area contributed by atoms with Crippen molar-refractivity contribution in [2.45, 2.75) is 6.54 Å². The van der Waals surface area contributed by atoms with Crippen LogP contribution < -0.4 is 5.32 Å². The summed E-state index contributed by atoms with van der Waals surface area (Å²) in [5.74, 6) is 0.880. The molecular weight excluding hydrogens is 310 g/mol. The number of fused-ring (bicyclic) bond motifs is 1. The molecule has 0 amide bonds. The van der Waals surface area contributed by atoms with Gasteiger partial charge in [-0.1, -0.05) is 12.1 Å². The van der Waals surface area contributed by atoms with Gasteiger partial charge in [-0.15, -0.1) is 11.3 Å². The van der Waals surface area contributed by atoms with E-state index in [1.165, 1.54) is 4.88 Å². The van der Waals surface area contributed by atoms with Crippen molar-refractivity contribution in [2.75, 3.05) is 5.32 Å². The molecule has 1 aromatic carbocycles. The molecule has 0 aliphatic heterocycles. The lowest BCUT2D eigenvalue weighted by atomic mass is 10.2. The fraction of sp³-hybridized carbons (Fsp3) is 0.0769. The van der Waals surface area contributed by atoms with E-state index >= 15 is 0 Å². The summed E-state index contributed by atoms with van der Waals surface area (Å²) in [6.07, 6.45) is 1.59. The first-order valence-electron chi connectivity index (χ1n) is 5.51. The van der Waals surface area contributed by atoms with E-state index in [9.17, 15) is 0 Å². The number of halogens is 1. The van der Waals surface area contributed by atoms with Gasteiger partial charge in [0.05, 0.1) is 15.8 Å². The van der Waals surface area contributed by atoms with Crippen LogP contribution in [0, 0.1) is 0 Å². The van der Waals surface area contributed by atoms with Crippen molar-refractivity contribution in [1.29, 1.82) is 0 Å². The minimum absolute atomic E-state index is 0.775. The van der Waals surface area contributed by atoms with Crippen LogP contribution in [0.5, 0.6) is 0 Å². The molecule has 0 radical (unpaired) electrons. The number of hydrogen-bond donors (Lipinski definition) is 1. The van der Waals surface area contributed by atoms with Crippen molar-refractivity contribution in [3.63, 3.8) is 0 Å². The fourth-order valence-electron chi connectivity index (χ4n) is 1.76. The number of nitrogens with zero attached hydrogens (tertiary/aromatic N) is 2. The lowest BCUT2D eigenvalue weighted by Gasteiger charge is -2.06. The maximum Gasteiger partial charge on any atom is 0.137 e. The largest absolute Gasteiger partial charge is 0.365 e. The number of aromatic nitrogens is 2. The summed E-state index contributed by atoms with van der Waals surface area (Å²) in [6.45, 7) is 0.775. The third kappa shape index (κ3) is 2.37. The SMILES string of the molecule is Brc1ccc(CNc2ncnc3ccccc23)s1. The molecular formula is C13H10BrN3S. The van der Waals surface area contributed by atoms with Crippen molar-refractivity contribution in [3.05, 3.63) is 51.4 Å². The lowest BCUT2D eigenvalue weighted by Crippen LogP contribution is -2.00. The van der Waals surface area contributed by atoms with Crippen LogP contribution in [-0.4, -0.2) is 9.97 Å². The Bertz CT molecular complexity index is 675. The predicted octanol–water partition coefficient (Wildman–Crippen LogP) is 4.07. The highest BCUT2D eigenvalue weighted by Crippen LogP contribution is 2.24. The van der Waals surface area contributed by atoms with Crippen molar-refractivity contribution >= 4 is 44.0 Å². The van der Waals surface area contributed by atoms with Gasteiger partial charge in [0.25, 0.3) is 0 Å². The van der Waals surface area contributed by atoms with Gasteiger partial charge in [0, 0.05) is 10.3 Å². The number of hydrogen-bond acceptors (Lipinski definition) is 4. The van der Waals surface area contributed by atoms with E-state index in [-0.39, 0.29) is 0 Å². The Balaban J connectivity index is 1.86. The number of benzene rings is 1. The standard InChI is InChI=1S/C13H10BrN3S/c14-12-6-5-9(18-12)7-15-13-10-3-1-2-4-11(10)16-8-17-13/h1-6,8H,7H2,(H,15,16,17). The third-order valence-electron chi connectivity index (χ3n) is 2.60. The topological polar surface area (TPSA) is 37.8 Å². The summed E-state index contributed by atoms with van der Waals surface area (Å²) in [5.41, 5.74) is 0.961. The smallest absolute Gasteiger partial charge is 0.137 e. The average molecular weight is 320 g/mol. The minimum Gasteiger partial charge on any atom is -0.365 e. The van der Waals surface area contributed by atoms with Crippen molar-refractivity contribution in [1.82, 2.24) is 9.97 Å². The molecule has 3 aromatic rings. The molecule has 0 aliphatic carbocycles. The van der Waals surface area contributed by atoms with Gasteiger partial charge in [-0.3, -0.25) is 0 Å². The maximum absolute atomic E-state index is 4.30. The first-order valence-corrected chi connectivity index (χ1v) is 7.12. The number of nitrogens with one attached hydrogen (secondary N) is 1. The van der Waals surface area contributed by atoms with E-state index in [1.807, 2.05) is 24.3 Å². The molecule has 2 heterocycles. The van der Waals surface area contributed by atoms with Crippen LogP contribution >= 0.6 is 27.3 Å². The van der Waals surface area contributed by atoms with Crippen LogP contribution in [0.4, 0.5) is 5.82 Å². The van der Waals surface area contributed by atoms with Gasteiger partial charge in [0.2, 0.25) is 0 Å². The Kier molecular flexibility index (Phi) is 3.25. The molecule has 5 heteroatoms. The van der Waals surface area contributed by atoms with E-state index in [1.54, 1.807) is 17.7 Å². The molecule has 3 nitrogen and oxygen atoms in total. The first kappa shape index (κ1) is 11.6. The minimum atomic E-state index is 0.775. The lowest BCUT2D eigenvalue weighted by molar-refractivity contribution is 1.13. The second-order valence-corrected chi connectivity index (χ2v) is 6.35. The second-order valence-electron chi connectivity index (χ2n) is 3.80. The summed E-state index contributed by atoms with van der Waals surface area (Å²) >= 11 is 5.19. The Hall–Kier alpha value is -1.46. The Labute approximate surface area is 117 Å². The molecule has 0 aliphatic rings. The highest BCUT2D eigenvalue weighted by molar-refractivity contribution is 9.11. The zero-order valence-electron chi connectivity index (χ0n) is 9.43. The highest BCUT2D eigenvalue weighted by Gasteiger charge is 2.03. The average Bonchev–Trinajstić information content (AvgIpc) is 2.82. The maximum atomic E-state index is 4.30. The first-order chi connectivity index (χ1) is 8.83. The molecule has 2 aromatic heterocycles. The van der Waals surface area contributed by atoms with Gasteiger partial charge >= 0.3 is 0 Å². The Morgan fingerprint density at radius 1 is 1.11 bits per heavy atom. The van der Waals surface area contributed by atoms with E-state index < -0.39 is 0 Å². The molecule has 1 N–H and O–H groups in total. The van der Waals surface area contributed by atoms with Crippen LogP contribution in [0.25, 0.3) is 10.9 Å². The molecule has 90 valence electrons. The normalized spacial score (nSPS) is 10.7. The molecule has 3 rings (SSSR count). The van der Waals surface area contributed by atoms with Crippen LogP contribution in [0.3, 0.4) is 0 Å². The van der Waals surface area contributed by atoms with Crippen LogP contribution in [-0.2, 0) is 6.54 Å². The molecule has 0 spiro atoms. The van der Waals surface area contributed by atoms with Gasteiger partial charge in [-0.25, -0.2) is 9.97 Å². The molecule has 0 bridgehead atoms. The quantitative estimate of drug-likeness (QED) is 0.790. The van der Waals surface area contributed by atoms with E-state index in [0.717, 1.165) is 27.1 Å². The number of para-hydroxylation sites is 1. The summed E-state index contributed by atoms with van der Waals surface area (Å²) < 4.78 is 1.15. The zero-order chi connectivity index (χ0) is 12.4. The molecule has 0 atom stereocenters. The molecule has 0 saturated heterocycles. The Morgan fingerprint density at radius 3 is 2.83 bits per heavy atom. The number of anilines is 1. The summed E-state index contributed by atoms with van der Waals surface area (Å²) in [7, 11) is 0. The van der Waals surface area contributed by atoms with Crippen molar-refractivity contribution in [3.8, 4) is 0 Å². The Morgan fingerprint density at radius 2 is 2.00 bits per heavy atom. The van der Waals surface area contributed by atoms with Crippen LogP contribution in [0.2, 0.25) is 0 Å². The highest BCUT2D eigenvalue weighted by atomic mass is 79.9. The van der Waals surface area contributed by atoms with Gasteiger partial charge in [0.15, 0.2) is 0 Å². The summed E-state index contributed by atoms with van der Waals surface area (Å²) in [4.78, 5) is 9.81. The van der Waals surface area contributed by atoms with Crippen LogP contribution in [0.15, 0.2) is 46.5 Å². The fourth-order valence-corrected chi connectivity index (χ4v) is 3.19. The van der Waals surface area contributed by atoms with E-state index in [0.29, 0.717) is 0 Å². The number of rotatable bonds is 3. The van der Waals surface area contributed by atoms with Gasteiger partial charge in [-0.2, -0.15) is 0 Å².